The fourth-order valence-corrected chi connectivity index (χ4v) is 3.79. The maximum absolute atomic E-state index is 12.3. The molecule has 3 rings (SSSR count). The van der Waals surface area contributed by atoms with Crippen molar-refractivity contribution < 1.29 is 14.3 Å². The van der Waals surface area contributed by atoms with Gasteiger partial charge in [-0.05, 0) is 37.2 Å². The Labute approximate surface area is 148 Å². The fourth-order valence-electron chi connectivity index (χ4n) is 3.79. The van der Waals surface area contributed by atoms with Crippen LogP contribution >= 0.6 is 0 Å². The summed E-state index contributed by atoms with van der Waals surface area (Å²) in [5.74, 6) is 0.0292. The SMILES string of the molecule is CC(N)C(=O)N1CCC2(CCN(C(=O)OCc3ccccc3)CC2)C1. The Kier molecular flexibility index (Phi) is 5.27. The van der Waals surface area contributed by atoms with Crippen molar-refractivity contribution in [3.63, 3.8) is 0 Å². The molecule has 2 saturated heterocycles. The van der Waals surface area contributed by atoms with Crippen LogP contribution in [0, 0.1) is 5.41 Å². The Balaban J connectivity index is 1.47. The summed E-state index contributed by atoms with van der Waals surface area (Å²) >= 11 is 0. The fraction of sp³-hybridized carbons (Fsp3) is 0.579. The van der Waals surface area contributed by atoms with Crippen LogP contribution in [0.2, 0.25) is 0 Å². The zero-order valence-corrected chi connectivity index (χ0v) is 14.8. The van der Waals surface area contributed by atoms with Crippen LogP contribution in [0.5, 0.6) is 0 Å². The second-order valence-corrected chi connectivity index (χ2v) is 7.33. The predicted molar refractivity (Wildman–Crippen MR) is 94.7 cm³/mol. The molecule has 0 radical (unpaired) electrons. The quantitative estimate of drug-likeness (QED) is 0.909. The molecule has 2 N–H and O–H groups in total. The van der Waals surface area contributed by atoms with E-state index in [9.17, 15) is 9.59 Å². The molecular formula is C19H27N3O3. The Morgan fingerprint density at radius 1 is 1.12 bits per heavy atom. The van der Waals surface area contributed by atoms with Crippen molar-refractivity contribution in [2.75, 3.05) is 26.2 Å². The van der Waals surface area contributed by atoms with Crippen molar-refractivity contribution >= 4 is 12.0 Å². The number of likely N-dealkylation sites (tertiary alicyclic amines) is 2. The molecule has 2 aliphatic rings. The van der Waals surface area contributed by atoms with E-state index >= 15 is 0 Å². The zero-order valence-electron chi connectivity index (χ0n) is 14.8. The first-order valence-electron chi connectivity index (χ1n) is 8.99. The van der Waals surface area contributed by atoms with Gasteiger partial charge in [-0.1, -0.05) is 30.3 Å². The minimum Gasteiger partial charge on any atom is -0.445 e. The number of carbonyl (C=O) groups is 2. The second kappa shape index (κ2) is 7.44. The standard InChI is InChI=1S/C19H27N3O3/c1-15(20)17(23)22-12-9-19(14-22)7-10-21(11-8-19)18(24)25-13-16-5-3-2-4-6-16/h2-6,15H,7-14,20H2,1H3. The summed E-state index contributed by atoms with van der Waals surface area (Å²) in [4.78, 5) is 28.0. The van der Waals surface area contributed by atoms with Crippen LogP contribution < -0.4 is 5.73 Å². The van der Waals surface area contributed by atoms with Crippen LogP contribution in [-0.2, 0) is 16.1 Å². The molecule has 136 valence electrons. The van der Waals surface area contributed by atoms with Gasteiger partial charge in [0, 0.05) is 26.2 Å². The van der Waals surface area contributed by atoms with Crippen LogP contribution in [0.15, 0.2) is 30.3 Å². The molecule has 2 heterocycles. The number of amides is 2. The van der Waals surface area contributed by atoms with Gasteiger partial charge in [0.15, 0.2) is 0 Å². The molecule has 25 heavy (non-hydrogen) atoms. The van der Waals surface area contributed by atoms with E-state index < -0.39 is 6.04 Å². The minimum atomic E-state index is -0.441. The van der Waals surface area contributed by atoms with Crippen LogP contribution in [-0.4, -0.2) is 54.0 Å². The maximum atomic E-state index is 12.3. The van der Waals surface area contributed by atoms with Gasteiger partial charge in [-0.2, -0.15) is 0 Å². The maximum Gasteiger partial charge on any atom is 0.410 e. The first-order valence-corrected chi connectivity index (χ1v) is 8.99. The van der Waals surface area contributed by atoms with Gasteiger partial charge < -0.3 is 20.3 Å². The Morgan fingerprint density at radius 3 is 2.32 bits per heavy atom. The largest absolute Gasteiger partial charge is 0.445 e. The number of nitrogens with two attached hydrogens (primary N) is 1. The van der Waals surface area contributed by atoms with Gasteiger partial charge in [0.05, 0.1) is 6.04 Å². The lowest BCUT2D eigenvalue weighted by molar-refractivity contribution is -0.131. The van der Waals surface area contributed by atoms with Crippen molar-refractivity contribution in [3.8, 4) is 0 Å². The van der Waals surface area contributed by atoms with E-state index in [0.717, 1.165) is 37.9 Å². The predicted octanol–water partition coefficient (Wildman–Crippen LogP) is 1.98. The first kappa shape index (κ1) is 17.7. The second-order valence-electron chi connectivity index (χ2n) is 7.33. The number of hydrogen-bond acceptors (Lipinski definition) is 4. The summed E-state index contributed by atoms with van der Waals surface area (Å²) in [7, 11) is 0. The summed E-state index contributed by atoms with van der Waals surface area (Å²) in [6.07, 6.45) is 2.57. The molecule has 2 fully saturated rings. The van der Waals surface area contributed by atoms with Crippen molar-refractivity contribution in [1.29, 1.82) is 0 Å². The van der Waals surface area contributed by atoms with E-state index in [1.807, 2.05) is 35.2 Å². The normalized spacial score (nSPS) is 20.6. The summed E-state index contributed by atoms with van der Waals surface area (Å²) in [6, 6.07) is 9.26. The van der Waals surface area contributed by atoms with Crippen molar-refractivity contribution in [2.24, 2.45) is 11.1 Å². The average Bonchev–Trinajstić information content (AvgIpc) is 3.04. The third kappa shape index (κ3) is 4.12. The lowest BCUT2D eigenvalue weighted by Crippen LogP contribution is -2.46. The minimum absolute atomic E-state index is 0.0292. The average molecular weight is 345 g/mol. The molecular weight excluding hydrogens is 318 g/mol. The smallest absolute Gasteiger partial charge is 0.410 e. The van der Waals surface area contributed by atoms with Crippen molar-refractivity contribution in [1.82, 2.24) is 9.80 Å². The molecule has 6 nitrogen and oxygen atoms in total. The number of carbonyl (C=O) groups excluding carboxylic acids is 2. The van der Waals surface area contributed by atoms with E-state index in [2.05, 4.69) is 0 Å². The highest BCUT2D eigenvalue weighted by atomic mass is 16.6. The van der Waals surface area contributed by atoms with Crippen molar-refractivity contribution in [2.45, 2.75) is 38.8 Å². The molecule has 1 spiro atoms. The molecule has 0 aliphatic carbocycles. The van der Waals surface area contributed by atoms with E-state index in [0.29, 0.717) is 19.7 Å². The molecule has 6 heteroatoms. The highest BCUT2D eigenvalue weighted by molar-refractivity contribution is 5.81. The third-order valence-electron chi connectivity index (χ3n) is 5.43. The number of hydrogen-bond donors (Lipinski definition) is 1. The summed E-state index contributed by atoms with van der Waals surface area (Å²) < 4.78 is 5.42. The van der Waals surface area contributed by atoms with Gasteiger partial charge in [0.2, 0.25) is 5.91 Å². The van der Waals surface area contributed by atoms with E-state index in [1.54, 1.807) is 11.8 Å². The topological polar surface area (TPSA) is 75.9 Å². The van der Waals surface area contributed by atoms with Gasteiger partial charge in [-0.3, -0.25) is 4.79 Å². The number of benzene rings is 1. The molecule has 2 aliphatic heterocycles. The van der Waals surface area contributed by atoms with Crippen LogP contribution in [0.1, 0.15) is 31.7 Å². The van der Waals surface area contributed by atoms with Gasteiger partial charge in [-0.25, -0.2) is 4.79 Å². The van der Waals surface area contributed by atoms with Crippen molar-refractivity contribution in [3.05, 3.63) is 35.9 Å². The van der Waals surface area contributed by atoms with Crippen LogP contribution in [0.3, 0.4) is 0 Å². The van der Waals surface area contributed by atoms with Gasteiger partial charge in [0.1, 0.15) is 6.61 Å². The molecule has 2 amide bonds. The highest BCUT2D eigenvalue weighted by Crippen LogP contribution is 2.40. The van der Waals surface area contributed by atoms with E-state index in [-0.39, 0.29) is 17.4 Å². The molecule has 1 aromatic rings. The monoisotopic (exact) mass is 345 g/mol. The Morgan fingerprint density at radius 2 is 1.72 bits per heavy atom. The molecule has 0 aromatic heterocycles. The summed E-state index contributed by atoms with van der Waals surface area (Å²) in [5.41, 5.74) is 6.85. The summed E-state index contributed by atoms with van der Waals surface area (Å²) in [6.45, 7) is 4.96. The zero-order chi connectivity index (χ0) is 17.9. The Hall–Kier alpha value is -2.08. The first-order chi connectivity index (χ1) is 12.0. The van der Waals surface area contributed by atoms with Gasteiger partial charge in [0.25, 0.3) is 0 Å². The third-order valence-corrected chi connectivity index (χ3v) is 5.43. The molecule has 0 bridgehead atoms. The van der Waals surface area contributed by atoms with Crippen LogP contribution in [0.25, 0.3) is 0 Å². The number of rotatable bonds is 3. The lowest BCUT2D eigenvalue weighted by Gasteiger charge is -2.38. The summed E-state index contributed by atoms with van der Waals surface area (Å²) in [5, 5.41) is 0. The Bertz CT molecular complexity index is 610. The van der Waals surface area contributed by atoms with Gasteiger partial charge in [-0.15, -0.1) is 0 Å². The van der Waals surface area contributed by atoms with Gasteiger partial charge >= 0.3 is 6.09 Å². The molecule has 1 atom stereocenters. The molecule has 0 saturated carbocycles. The van der Waals surface area contributed by atoms with Crippen LogP contribution in [0.4, 0.5) is 4.79 Å². The number of ether oxygens (including phenoxy) is 1. The number of piperidine rings is 1. The highest BCUT2D eigenvalue weighted by Gasteiger charge is 2.43. The van der Waals surface area contributed by atoms with E-state index in [4.69, 9.17) is 10.5 Å². The molecule has 1 unspecified atom stereocenters. The number of nitrogens with zero attached hydrogens (tertiary/aromatic N) is 2. The lowest BCUT2D eigenvalue weighted by atomic mass is 9.78. The molecule has 1 aromatic carbocycles. The van der Waals surface area contributed by atoms with E-state index in [1.165, 1.54) is 0 Å².